The molecule has 0 saturated carbocycles. The average Bonchev–Trinajstić information content (AvgIpc) is 3.05. The number of hydrogen-bond acceptors (Lipinski definition) is 5. The van der Waals surface area contributed by atoms with Crippen LogP contribution in [0.2, 0.25) is 5.02 Å². The molecule has 0 saturated heterocycles. The van der Waals surface area contributed by atoms with Gasteiger partial charge in [0.1, 0.15) is 5.60 Å². The summed E-state index contributed by atoms with van der Waals surface area (Å²) in [5, 5.41) is 9.42. The van der Waals surface area contributed by atoms with E-state index in [4.69, 9.17) is 20.8 Å². The first kappa shape index (κ1) is 19.7. The van der Waals surface area contributed by atoms with Crippen LogP contribution < -0.4 is 11.1 Å². The lowest BCUT2D eigenvalue weighted by Crippen LogP contribution is -2.32. The van der Waals surface area contributed by atoms with E-state index in [0.717, 1.165) is 16.7 Å². The Morgan fingerprint density at radius 3 is 2.57 bits per heavy atom. The summed E-state index contributed by atoms with van der Waals surface area (Å²) in [5.41, 5.74) is 2.37. The monoisotopic (exact) mass is 401 g/mol. The Kier molecular flexibility index (Phi) is 5.56. The molecule has 0 bridgehead atoms. The Morgan fingerprint density at radius 2 is 1.93 bits per heavy atom. The maximum absolute atomic E-state index is 12.0. The van der Waals surface area contributed by atoms with Crippen LogP contribution in [0.3, 0.4) is 0 Å². The first-order chi connectivity index (χ1) is 13.2. The molecule has 0 fully saturated rings. The Bertz CT molecular complexity index is 1050. The van der Waals surface area contributed by atoms with Gasteiger partial charge in [0.2, 0.25) is 5.89 Å². The molecule has 1 aromatic heterocycles. The summed E-state index contributed by atoms with van der Waals surface area (Å²) in [5.74, 6) is -0.496. The van der Waals surface area contributed by atoms with Crippen LogP contribution in [0.4, 0.5) is 4.79 Å². The van der Waals surface area contributed by atoms with E-state index in [9.17, 15) is 9.59 Å². The van der Waals surface area contributed by atoms with Gasteiger partial charge in [-0.05, 0) is 56.2 Å². The number of benzene rings is 2. The SMILES string of the molecule is CC(C)(C)OC(=O)NCc1cc(-c2n[nH]c(=O)o2)cc(-c2ccccc2Cl)c1. The van der Waals surface area contributed by atoms with Crippen molar-refractivity contribution in [3.8, 4) is 22.6 Å². The van der Waals surface area contributed by atoms with Gasteiger partial charge in [-0.1, -0.05) is 29.8 Å². The van der Waals surface area contributed by atoms with Crippen molar-refractivity contribution in [2.75, 3.05) is 0 Å². The maximum atomic E-state index is 12.0. The van der Waals surface area contributed by atoms with Crippen molar-refractivity contribution >= 4 is 17.7 Å². The van der Waals surface area contributed by atoms with Crippen molar-refractivity contribution in [1.82, 2.24) is 15.5 Å². The van der Waals surface area contributed by atoms with Crippen LogP contribution >= 0.6 is 11.6 Å². The molecule has 2 N–H and O–H groups in total. The van der Waals surface area contributed by atoms with Gasteiger partial charge in [-0.25, -0.2) is 14.7 Å². The fourth-order valence-corrected chi connectivity index (χ4v) is 2.85. The van der Waals surface area contributed by atoms with Crippen molar-refractivity contribution in [2.45, 2.75) is 32.9 Å². The highest BCUT2D eigenvalue weighted by Crippen LogP contribution is 2.31. The van der Waals surface area contributed by atoms with Gasteiger partial charge in [0.15, 0.2) is 0 Å². The molecule has 0 aliphatic carbocycles. The molecule has 8 heteroatoms. The molecule has 1 heterocycles. The first-order valence-corrected chi connectivity index (χ1v) is 9.01. The number of hydrogen-bond donors (Lipinski definition) is 2. The summed E-state index contributed by atoms with van der Waals surface area (Å²) < 4.78 is 10.3. The summed E-state index contributed by atoms with van der Waals surface area (Å²) in [6.07, 6.45) is -0.525. The third-order valence-electron chi connectivity index (χ3n) is 3.70. The van der Waals surface area contributed by atoms with E-state index in [1.54, 1.807) is 32.9 Å². The van der Waals surface area contributed by atoms with Gasteiger partial charge in [0, 0.05) is 22.7 Å². The zero-order chi connectivity index (χ0) is 20.3. The summed E-state index contributed by atoms with van der Waals surface area (Å²) in [4.78, 5) is 23.3. The number of nitrogens with zero attached hydrogens (tertiary/aromatic N) is 1. The van der Waals surface area contributed by atoms with E-state index < -0.39 is 17.5 Å². The topological polar surface area (TPSA) is 97.2 Å². The number of carbonyl (C=O) groups is 1. The Hall–Kier alpha value is -3.06. The molecule has 0 aliphatic heterocycles. The molecule has 7 nitrogen and oxygen atoms in total. The smallest absolute Gasteiger partial charge is 0.434 e. The number of halogens is 1. The van der Waals surface area contributed by atoms with Crippen LogP contribution in [0.15, 0.2) is 51.7 Å². The third kappa shape index (κ3) is 5.01. The Morgan fingerprint density at radius 1 is 1.21 bits per heavy atom. The van der Waals surface area contributed by atoms with Crippen molar-refractivity contribution in [3.05, 3.63) is 63.6 Å². The number of alkyl carbamates (subject to hydrolysis) is 1. The fraction of sp³-hybridized carbons (Fsp3) is 0.250. The fourth-order valence-electron chi connectivity index (χ4n) is 2.61. The van der Waals surface area contributed by atoms with Crippen LogP contribution in [0, 0.1) is 0 Å². The zero-order valence-corrected chi connectivity index (χ0v) is 16.5. The minimum absolute atomic E-state index is 0.150. The van der Waals surface area contributed by atoms with Crippen LogP contribution in [0.1, 0.15) is 26.3 Å². The van der Waals surface area contributed by atoms with Gasteiger partial charge < -0.3 is 14.5 Å². The van der Waals surface area contributed by atoms with Crippen LogP contribution in [0.25, 0.3) is 22.6 Å². The minimum Gasteiger partial charge on any atom is -0.444 e. The maximum Gasteiger partial charge on any atom is 0.434 e. The van der Waals surface area contributed by atoms with Crippen LogP contribution in [-0.2, 0) is 11.3 Å². The second kappa shape index (κ2) is 7.90. The third-order valence-corrected chi connectivity index (χ3v) is 4.03. The molecule has 2 aromatic carbocycles. The molecular formula is C20H20ClN3O4. The molecule has 146 valence electrons. The highest BCUT2D eigenvalue weighted by atomic mass is 35.5. The Balaban J connectivity index is 1.95. The molecule has 28 heavy (non-hydrogen) atoms. The molecule has 1 amide bonds. The predicted octanol–water partition coefficient (Wildman–Crippen LogP) is 4.38. The number of ether oxygens (including phenoxy) is 1. The van der Waals surface area contributed by atoms with Crippen molar-refractivity contribution < 1.29 is 13.9 Å². The molecule has 0 aliphatic rings. The summed E-state index contributed by atoms with van der Waals surface area (Å²) >= 11 is 6.33. The standard InChI is InChI=1S/C20H20ClN3O4/c1-20(2,3)28-18(25)22-11-12-8-13(15-6-4-5-7-16(15)21)10-14(9-12)17-23-24-19(26)27-17/h4-10H,11H2,1-3H3,(H,22,25)(H,24,26). The Labute approximate surface area is 166 Å². The number of aromatic amines is 1. The van der Waals surface area contributed by atoms with E-state index >= 15 is 0 Å². The molecule has 0 radical (unpaired) electrons. The second-order valence-corrected chi connectivity index (χ2v) is 7.58. The molecule has 0 unspecified atom stereocenters. The van der Waals surface area contributed by atoms with Crippen molar-refractivity contribution in [3.63, 3.8) is 0 Å². The minimum atomic E-state index is -0.647. The molecule has 0 atom stereocenters. The highest BCUT2D eigenvalue weighted by molar-refractivity contribution is 6.33. The molecule has 0 spiro atoms. The molecule has 3 rings (SSSR count). The zero-order valence-electron chi connectivity index (χ0n) is 15.7. The summed E-state index contributed by atoms with van der Waals surface area (Å²) in [6, 6.07) is 12.9. The predicted molar refractivity (Wildman–Crippen MR) is 106 cm³/mol. The van der Waals surface area contributed by atoms with E-state index in [-0.39, 0.29) is 12.4 Å². The first-order valence-electron chi connectivity index (χ1n) is 8.63. The normalized spacial score (nSPS) is 11.3. The number of rotatable bonds is 4. The van der Waals surface area contributed by atoms with Gasteiger partial charge in [0.05, 0.1) is 0 Å². The van der Waals surface area contributed by atoms with Crippen molar-refractivity contribution in [2.24, 2.45) is 0 Å². The van der Waals surface area contributed by atoms with Gasteiger partial charge in [-0.2, -0.15) is 0 Å². The van der Waals surface area contributed by atoms with Gasteiger partial charge in [-0.3, -0.25) is 0 Å². The lowest BCUT2D eigenvalue weighted by Gasteiger charge is -2.20. The van der Waals surface area contributed by atoms with E-state index in [1.165, 1.54) is 0 Å². The second-order valence-electron chi connectivity index (χ2n) is 7.17. The van der Waals surface area contributed by atoms with Gasteiger partial charge in [-0.15, -0.1) is 5.10 Å². The quantitative estimate of drug-likeness (QED) is 0.676. The highest BCUT2D eigenvalue weighted by Gasteiger charge is 2.16. The molecule has 3 aromatic rings. The lowest BCUT2D eigenvalue weighted by atomic mass is 9.99. The molecular weight excluding hydrogens is 382 g/mol. The van der Waals surface area contributed by atoms with Gasteiger partial charge >= 0.3 is 11.8 Å². The van der Waals surface area contributed by atoms with Crippen LogP contribution in [-0.4, -0.2) is 21.9 Å². The number of amides is 1. The number of carbonyl (C=O) groups excluding carboxylic acids is 1. The van der Waals surface area contributed by atoms with Crippen molar-refractivity contribution in [1.29, 1.82) is 0 Å². The number of nitrogens with one attached hydrogen (secondary N) is 2. The van der Waals surface area contributed by atoms with E-state index in [0.29, 0.717) is 10.6 Å². The summed E-state index contributed by atoms with van der Waals surface area (Å²) in [6.45, 7) is 5.60. The van der Waals surface area contributed by atoms with Crippen LogP contribution in [0.5, 0.6) is 0 Å². The summed E-state index contributed by atoms with van der Waals surface area (Å²) in [7, 11) is 0. The number of H-pyrrole nitrogens is 1. The number of aromatic nitrogens is 2. The lowest BCUT2D eigenvalue weighted by molar-refractivity contribution is 0.0523. The van der Waals surface area contributed by atoms with E-state index in [2.05, 4.69) is 15.5 Å². The average molecular weight is 402 g/mol. The van der Waals surface area contributed by atoms with E-state index in [1.807, 2.05) is 30.3 Å². The largest absolute Gasteiger partial charge is 0.444 e. The van der Waals surface area contributed by atoms with Gasteiger partial charge in [0.25, 0.3) is 0 Å².